The summed E-state index contributed by atoms with van der Waals surface area (Å²) in [6, 6.07) is 13.7. The van der Waals surface area contributed by atoms with Crippen molar-refractivity contribution in [2.24, 2.45) is 0 Å². The number of aromatic nitrogens is 2. The Bertz CT molecular complexity index is 1350. The van der Waals surface area contributed by atoms with Gasteiger partial charge in [-0.3, -0.25) is 4.79 Å². The van der Waals surface area contributed by atoms with E-state index in [2.05, 4.69) is 15.3 Å². The van der Waals surface area contributed by atoms with Crippen LogP contribution in [0.1, 0.15) is 34.7 Å². The van der Waals surface area contributed by atoms with Gasteiger partial charge in [0.15, 0.2) is 5.82 Å². The molecule has 1 aliphatic carbocycles. The van der Waals surface area contributed by atoms with Crippen LogP contribution in [0, 0.1) is 0 Å². The Morgan fingerprint density at radius 1 is 1.19 bits per heavy atom. The molecule has 1 saturated carbocycles. The number of carboxylic acids is 1. The molecular formula is C26H25F2N5O4. The average molecular weight is 510 g/mol. The Hall–Kier alpha value is -4.28. The van der Waals surface area contributed by atoms with E-state index in [9.17, 15) is 14.7 Å². The molecule has 37 heavy (non-hydrogen) atoms. The molecule has 3 aromatic rings. The average Bonchev–Trinajstić information content (AvgIpc) is 2.93. The van der Waals surface area contributed by atoms with Crippen LogP contribution in [-0.2, 0) is 4.79 Å². The lowest BCUT2D eigenvalue weighted by molar-refractivity contribution is -0.140. The molecule has 1 amide bonds. The standard InChI is InChI=1S/C26H25F2N5O4/c1-32-20-13-29-25(30-18-10-8-16(23(34)35)12-21(18)37-2)31-22(20)33(14-26(27,28)24(32)36)19-11-9-17(19)15-6-4-3-5-7-15/h3-8,10,12-13,17,19H,9,11,14H2,1-2H3,(H,34,35)(H,29,30,31)/t17-,19?/m0/s1. The van der Waals surface area contributed by atoms with Gasteiger partial charge in [-0.15, -0.1) is 0 Å². The Morgan fingerprint density at radius 3 is 2.59 bits per heavy atom. The summed E-state index contributed by atoms with van der Waals surface area (Å²) in [5, 5.41) is 12.2. The number of nitrogens with zero attached hydrogens (tertiary/aromatic N) is 4. The summed E-state index contributed by atoms with van der Waals surface area (Å²) in [6.07, 6.45) is 2.84. The van der Waals surface area contributed by atoms with E-state index >= 15 is 8.78 Å². The van der Waals surface area contributed by atoms with E-state index < -0.39 is 24.3 Å². The molecule has 2 heterocycles. The highest BCUT2D eigenvalue weighted by atomic mass is 19.3. The molecule has 0 spiro atoms. The third-order valence-corrected chi connectivity index (χ3v) is 6.93. The smallest absolute Gasteiger partial charge is 0.342 e. The van der Waals surface area contributed by atoms with Crippen LogP contribution in [0.4, 0.5) is 31.9 Å². The second-order valence-electron chi connectivity index (χ2n) is 9.11. The van der Waals surface area contributed by atoms with Crippen molar-refractivity contribution in [3.63, 3.8) is 0 Å². The number of anilines is 4. The summed E-state index contributed by atoms with van der Waals surface area (Å²) < 4.78 is 35.4. The predicted molar refractivity (Wildman–Crippen MR) is 133 cm³/mol. The van der Waals surface area contributed by atoms with Crippen molar-refractivity contribution in [2.75, 3.05) is 35.8 Å². The first-order valence-corrected chi connectivity index (χ1v) is 11.7. The summed E-state index contributed by atoms with van der Waals surface area (Å²) in [4.78, 5) is 35.2. The number of hydrogen-bond donors (Lipinski definition) is 2. The number of fused-ring (bicyclic) bond motifs is 1. The summed E-state index contributed by atoms with van der Waals surface area (Å²) in [7, 11) is 2.69. The molecule has 2 N–H and O–H groups in total. The molecule has 0 radical (unpaired) electrons. The predicted octanol–water partition coefficient (Wildman–Crippen LogP) is 4.29. The van der Waals surface area contributed by atoms with E-state index in [1.54, 1.807) is 0 Å². The van der Waals surface area contributed by atoms with E-state index in [-0.39, 0.29) is 40.7 Å². The van der Waals surface area contributed by atoms with E-state index in [4.69, 9.17) is 4.74 Å². The minimum absolute atomic E-state index is 0.0124. The van der Waals surface area contributed by atoms with Gasteiger partial charge in [-0.2, -0.15) is 13.8 Å². The molecule has 1 aromatic heterocycles. The fourth-order valence-electron chi connectivity index (χ4n) is 4.85. The number of rotatable bonds is 6. The van der Waals surface area contributed by atoms with Crippen molar-refractivity contribution in [1.82, 2.24) is 9.97 Å². The minimum atomic E-state index is -3.62. The van der Waals surface area contributed by atoms with Crippen molar-refractivity contribution in [3.05, 3.63) is 65.9 Å². The third-order valence-electron chi connectivity index (χ3n) is 6.93. The zero-order valence-corrected chi connectivity index (χ0v) is 20.2. The van der Waals surface area contributed by atoms with Crippen molar-refractivity contribution in [2.45, 2.75) is 30.7 Å². The van der Waals surface area contributed by atoms with Crippen LogP contribution in [0.3, 0.4) is 0 Å². The zero-order chi connectivity index (χ0) is 26.3. The van der Waals surface area contributed by atoms with Gasteiger partial charge in [0, 0.05) is 19.0 Å². The largest absolute Gasteiger partial charge is 0.495 e. The molecule has 2 atom stereocenters. The molecule has 0 saturated heterocycles. The highest BCUT2D eigenvalue weighted by Crippen LogP contribution is 2.46. The van der Waals surface area contributed by atoms with Crippen LogP contribution >= 0.6 is 0 Å². The molecular weight excluding hydrogens is 484 g/mol. The summed E-state index contributed by atoms with van der Waals surface area (Å²) in [5.41, 5.74) is 1.66. The molecule has 1 aliphatic heterocycles. The van der Waals surface area contributed by atoms with Crippen LogP contribution in [0.2, 0.25) is 0 Å². The topological polar surface area (TPSA) is 108 Å². The third kappa shape index (κ3) is 4.41. The first-order valence-electron chi connectivity index (χ1n) is 11.7. The number of benzene rings is 2. The zero-order valence-electron chi connectivity index (χ0n) is 20.2. The van der Waals surface area contributed by atoms with Gasteiger partial charge in [0.2, 0.25) is 5.95 Å². The van der Waals surface area contributed by atoms with Crippen LogP contribution in [0.5, 0.6) is 5.75 Å². The van der Waals surface area contributed by atoms with Crippen LogP contribution in [0.25, 0.3) is 0 Å². The van der Waals surface area contributed by atoms with Gasteiger partial charge in [-0.1, -0.05) is 30.3 Å². The molecule has 11 heteroatoms. The second kappa shape index (κ2) is 9.30. The van der Waals surface area contributed by atoms with Crippen molar-refractivity contribution in [3.8, 4) is 5.75 Å². The number of methoxy groups -OCH3 is 1. The number of carbonyl (C=O) groups is 2. The second-order valence-corrected chi connectivity index (χ2v) is 9.11. The van der Waals surface area contributed by atoms with Gasteiger partial charge in [-0.25, -0.2) is 9.78 Å². The Balaban J connectivity index is 1.54. The van der Waals surface area contributed by atoms with Gasteiger partial charge in [-0.05, 0) is 36.6 Å². The SMILES string of the molecule is COc1cc(C(=O)O)ccc1Nc1ncc2c(n1)N(C1CC[C@H]1c1ccccc1)CC(F)(F)C(=O)N2C. The van der Waals surface area contributed by atoms with Crippen molar-refractivity contribution in [1.29, 1.82) is 0 Å². The number of aromatic carboxylic acids is 1. The number of amides is 1. The Kier molecular flexibility index (Phi) is 6.14. The van der Waals surface area contributed by atoms with Gasteiger partial charge in [0.1, 0.15) is 11.4 Å². The molecule has 1 unspecified atom stereocenters. The minimum Gasteiger partial charge on any atom is -0.495 e. The lowest BCUT2D eigenvalue weighted by atomic mass is 9.74. The fourth-order valence-corrected chi connectivity index (χ4v) is 4.85. The lowest BCUT2D eigenvalue weighted by Crippen LogP contribution is -2.52. The van der Waals surface area contributed by atoms with E-state index in [0.717, 1.165) is 16.9 Å². The van der Waals surface area contributed by atoms with Crippen LogP contribution in [-0.4, -0.2) is 59.6 Å². The molecule has 0 bridgehead atoms. The van der Waals surface area contributed by atoms with Gasteiger partial charge < -0.3 is 25.0 Å². The number of halogens is 2. The molecule has 1 fully saturated rings. The lowest BCUT2D eigenvalue weighted by Gasteiger charge is -2.45. The highest BCUT2D eigenvalue weighted by molar-refractivity contribution is 6.02. The Morgan fingerprint density at radius 2 is 1.95 bits per heavy atom. The number of alkyl halides is 2. The van der Waals surface area contributed by atoms with Gasteiger partial charge >= 0.3 is 11.9 Å². The maximum Gasteiger partial charge on any atom is 0.342 e. The first-order chi connectivity index (χ1) is 17.7. The van der Waals surface area contributed by atoms with Crippen LogP contribution in [0.15, 0.2) is 54.7 Å². The quantitative estimate of drug-likeness (QED) is 0.507. The van der Waals surface area contributed by atoms with Crippen molar-refractivity contribution < 1.29 is 28.2 Å². The number of ether oxygens (including phenoxy) is 1. The highest BCUT2D eigenvalue weighted by Gasteiger charge is 2.51. The maximum atomic E-state index is 15.1. The van der Waals surface area contributed by atoms with E-state index in [0.29, 0.717) is 12.1 Å². The van der Waals surface area contributed by atoms with Crippen LogP contribution < -0.4 is 19.9 Å². The summed E-state index contributed by atoms with van der Waals surface area (Å²) >= 11 is 0. The number of carboxylic acid groups (broad SMARTS) is 1. The molecule has 9 nitrogen and oxygen atoms in total. The normalized spacial score (nSPS) is 20.5. The van der Waals surface area contributed by atoms with Crippen molar-refractivity contribution >= 4 is 35.0 Å². The summed E-state index contributed by atoms with van der Waals surface area (Å²) in [5.74, 6) is -5.47. The number of carbonyl (C=O) groups excluding carboxylic acids is 1. The molecule has 2 aromatic carbocycles. The maximum absolute atomic E-state index is 15.1. The van der Waals surface area contributed by atoms with Gasteiger partial charge in [0.25, 0.3) is 5.91 Å². The van der Waals surface area contributed by atoms with E-state index in [1.165, 1.54) is 43.5 Å². The molecule has 2 aliphatic rings. The number of hydrogen-bond acceptors (Lipinski definition) is 7. The fraction of sp³-hybridized carbons (Fsp3) is 0.308. The van der Waals surface area contributed by atoms with Gasteiger partial charge in [0.05, 0.1) is 31.1 Å². The number of nitrogens with one attached hydrogen (secondary N) is 1. The molecule has 192 valence electrons. The molecule has 5 rings (SSSR count). The first kappa shape index (κ1) is 24.4. The Labute approximate surface area is 211 Å². The van der Waals surface area contributed by atoms with E-state index in [1.807, 2.05) is 30.3 Å². The summed E-state index contributed by atoms with van der Waals surface area (Å²) in [6.45, 7) is -0.801. The monoisotopic (exact) mass is 509 g/mol.